The summed E-state index contributed by atoms with van der Waals surface area (Å²) in [4.78, 5) is 10.9. The van der Waals surface area contributed by atoms with E-state index in [4.69, 9.17) is 0 Å². The first-order chi connectivity index (χ1) is 4.12. The molecular formula is C7H11NO. The first-order valence-corrected chi connectivity index (χ1v) is 3.43. The van der Waals surface area contributed by atoms with Crippen molar-refractivity contribution in [1.82, 2.24) is 5.32 Å². The number of amides is 1. The molecule has 50 valence electrons. The van der Waals surface area contributed by atoms with Crippen molar-refractivity contribution in [2.24, 2.45) is 11.3 Å². The van der Waals surface area contributed by atoms with Crippen LogP contribution < -0.4 is 5.32 Å². The summed E-state index contributed by atoms with van der Waals surface area (Å²) in [7, 11) is 0. The summed E-state index contributed by atoms with van der Waals surface area (Å²) in [6, 6.07) is 0.481. The minimum atomic E-state index is 0.261. The number of hydrogen-bond donors (Lipinski definition) is 1. The van der Waals surface area contributed by atoms with Crippen molar-refractivity contribution < 1.29 is 4.79 Å². The van der Waals surface area contributed by atoms with E-state index >= 15 is 0 Å². The lowest BCUT2D eigenvalue weighted by molar-refractivity contribution is -0.123. The molecule has 1 amide bonds. The molecule has 2 bridgehead atoms. The summed E-state index contributed by atoms with van der Waals surface area (Å²) in [6.07, 6.45) is 1.08. The van der Waals surface area contributed by atoms with Gasteiger partial charge < -0.3 is 5.32 Å². The predicted molar refractivity (Wildman–Crippen MR) is 33.8 cm³/mol. The van der Waals surface area contributed by atoms with Crippen LogP contribution in [0.3, 0.4) is 0 Å². The highest BCUT2D eigenvalue weighted by Crippen LogP contribution is 2.50. The maximum absolute atomic E-state index is 10.9. The van der Waals surface area contributed by atoms with Gasteiger partial charge in [0.25, 0.3) is 0 Å². The van der Waals surface area contributed by atoms with Crippen molar-refractivity contribution in [2.75, 3.05) is 0 Å². The summed E-state index contributed by atoms with van der Waals surface area (Å²) in [6.45, 7) is 4.31. The lowest BCUT2D eigenvalue weighted by Gasteiger charge is -2.40. The van der Waals surface area contributed by atoms with E-state index in [9.17, 15) is 4.79 Å². The van der Waals surface area contributed by atoms with E-state index in [1.165, 1.54) is 0 Å². The van der Waals surface area contributed by atoms with Crippen LogP contribution in [0.2, 0.25) is 0 Å². The molecule has 1 N–H and O–H groups in total. The molecule has 1 aliphatic carbocycles. The van der Waals surface area contributed by atoms with Crippen LogP contribution in [0.25, 0.3) is 0 Å². The summed E-state index contributed by atoms with van der Waals surface area (Å²) in [5, 5.41) is 2.94. The van der Waals surface area contributed by atoms with Gasteiger partial charge >= 0.3 is 0 Å². The Hall–Kier alpha value is -0.530. The number of rotatable bonds is 0. The Balaban J connectivity index is 2.31. The second-order valence-electron chi connectivity index (χ2n) is 3.67. The van der Waals surface area contributed by atoms with Crippen LogP contribution in [0, 0.1) is 11.3 Å². The molecule has 2 aliphatic heterocycles. The third-order valence-electron chi connectivity index (χ3n) is 2.90. The van der Waals surface area contributed by atoms with Crippen LogP contribution in [0.1, 0.15) is 20.3 Å². The number of carbonyl (C=O) groups excluding carboxylic acids is 1. The van der Waals surface area contributed by atoms with Crippen molar-refractivity contribution in [3.8, 4) is 0 Å². The van der Waals surface area contributed by atoms with Gasteiger partial charge in [0, 0.05) is 12.0 Å². The van der Waals surface area contributed by atoms with Gasteiger partial charge in [-0.05, 0) is 11.8 Å². The maximum atomic E-state index is 10.9. The highest BCUT2D eigenvalue weighted by molar-refractivity contribution is 5.85. The number of fused-ring (bicyclic) bond motifs is 1. The van der Waals surface area contributed by atoms with E-state index in [0.717, 1.165) is 6.42 Å². The van der Waals surface area contributed by atoms with E-state index in [1.54, 1.807) is 0 Å². The Morgan fingerprint density at radius 3 is 2.44 bits per heavy atom. The number of hydrogen-bond acceptors (Lipinski definition) is 1. The van der Waals surface area contributed by atoms with Gasteiger partial charge in [-0.3, -0.25) is 4.79 Å². The Kier molecular flexibility index (Phi) is 0.675. The van der Waals surface area contributed by atoms with E-state index in [0.29, 0.717) is 12.0 Å². The molecule has 0 aromatic heterocycles. The summed E-state index contributed by atoms with van der Waals surface area (Å²) in [5.74, 6) is 0.590. The third kappa shape index (κ3) is 0.406. The Labute approximate surface area is 54.6 Å². The molecule has 3 fully saturated rings. The topological polar surface area (TPSA) is 29.1 Å². The Morgan fingerprint density at radius 1 is 1.67 bits per heavy atom. The fourth-order valence-corrected chi connectivity index (χ4v) is 1.89. The smallest absolute Gasteiger partial charge is 0.224 e. The van der Waals surface area contributed by atoms with Crippen LogP contribution in [0.4, 0.5) is 0 Å². The second kappa shape index (κ2) is 1.15. The summed E-state index contributed by atoms with van der Waals surface area (Å²) in [5.41, 5.74) is 0.261. The lowest BCUT2D eigenvalue weighted by Crippen LogP contribution is -2.44. The molecule has 3 aliphatic rings. The molecule has 0 spiro atoms. The maximum Gasteiger partial charge on any atom is 0.224 e. The van der Waals surface area contributed by atoms with E-state index in [-0.39, 0.29) is 11.3 Å². The van der Waals surface area contributed by atoms with E-state index < -0.39 is 0 Å². The van der Waals surface area contributed by atoms with Crippen molar-refractivity contribution in [1.29, 1.82) is 0 Å². The highest BCUT2D eigenvalue weighted by Gasteiger charge is 2.58. The van der Waals surface area contributed by atoms with Gasteiger partial charge in [-0.25, -0.2) is 0 Å². The van der Waals surface area contributed by atoms with Crippen LogP contribution in [0.15, 0.2) is 0 Å². The average molecular weight is 125 g/mol. The zero-order valence-corrected chi connectivity index (χ0v) is 5.77. The van der Waals surface area contributed by atoms with Crippen molar-refractivity contribution >= 4 is 5.91 Å². The van der Waals surface area contributed by atoms with Crippen molar-refractivity contribution in [3.05, 3.63) is 0 Å². The quantitative estimate of drug-likeness (QED) is 0.502. The molecule has 0 radical (unpaired) electrons. The van der Waals surface area contributed by atoms with Gasteiger partial charge in [-0.1, -0.05) is 13.8 Å². The van der Waals surface area contributed by atoms with E-state index in [2.05, 4.69) is 19.2 Å². The second-order valence-corrected chi connectivity index (χ2v) is 3.67. The number of nitrogens with one attached hydrogen (secondary N) is 1. The van der Waals surface area contributed by atoms with Crippen LogP contribution in [0.5, 0.6) is 0 Å². The Morgan fingerprint density at radius 2 is 2.33 bits per heavy atom. The molecule has 2 heteroatoms. The summed E-state index contributed by atoms with van der Waals surface area (Å²) >= 11 is 0. The first-order valence-electron chi connectivity index (χ1n) is 3.43. The van der Waals surface area contributed by atoms with Crippen LogP contribution in [-0.4, -0.2) is 11.9 Å². The predicted octanol–water partition coefficient (Wildman–Crippen LogP) is 0.531. The normalized spacial score (nSPS) is 44.0. The van der Waals surface area contributed by atoms with Crippen LogP contribution in [-0.2, 0) is 4.79 Å². The molecule has 2 saturated heterocycles. The summed E-state index contributed by atoms with van der Waals surface area (Å²) < 4.78 is 0. The van der Waals surface area contributed by atoms with Gasteiger partial charge in [0.15, 0.2) is 0 Å². The first kappa shape index (κ1) is 5.27. The van der Waals surface area contributed by atoms with Crippen molar-refractivity contribution in [3.63, 3.8) is 0 Å². The molecule has 9 heavy (non-hydrogen) atoms. The molecule has 2 atom stereocenters. The number of carbonyl (C=O) groups is 1. The fraction of sp³-hybridized carbons (Fsp3) is 0.857. The highest BCUT2D eigenvalue weighted by atomic mass is 16.2. The van der Waals surface area contributed by atoms with Gasteiger partial charge in [-0.15, -0.1) is 0 Å². The van der Waals surface area contributed by atoms with E-state index in [1.807, 2.05) is 0 Å². The molecule has 0 unspecified atom stereocenters. The zero-order valence-electron chi connectivity index (χ0n) is 5.77. The standard InChI is InChI=1S/C7H11NO/c1-7(2)4-3-5(7)8-6(4)9/h4-5H,3H2,1-2H3,(H,8,9)/t4-,5-/m1/s1. The van der Waals surface area contributed by atoms with Gasteiger partial charge in [-0.2, -0.15) is 0 Å². The molecule has 3 rings (SSSR count). The Bertz CT molecular complexity index is 174. The minimum absolute atomic E-state index is 0.261. The molecule has 1 saturated carbocycles. The molecule has 0 aromatic carbocycles. The molecule has 2 nitrogen and oxygen atoms in total. The molecular weight excluding hydrogens is 114 g/mol. The molecule has 0 aromatic rings. The SMILES string of the molecule is CC1(C)[C@@H]2C[C@H]1NC2=O. The van der Waals surface area contributed by atoms with Gasteiger partial charge in [0.1, 0.15) is 0 Å². The lowest BCUT2D eigenvalue weighted by atomic mass is 9.62. The van der Waals surface area contributed by atoms with Gasteiger partial charge in [0.05, 0.1) is 0 Å². The minimum Gasteiger partial charge on any atom is -0.353 e. The largest absolute Gasteiger partial charge is 0.353 e. The van der Waals surface area contributed by atoms with Crippen molar-refractivity contribution in [2.45, 2.75) is 26.3 Å². The molecule has 2 heterocycles. The van der Waals surface area contributed by atoms with Gasteiger partial charge in [0.2, 0.25) is 5.91 Å². The zero-order chi connectivity index (χ0) is 6.65. The average Bonchev–Trinajstić information content (AvgIpc) is 2.20. The monoisotopic (exact) mass is 125 g/mol. The van der Waals surface area contributed by atoms with Crippen LogP contribution >= 0.6 is 0 Å². The third-order valence-corrected chi connectivity index (χ3v) is 2.90. The fourth-order valence-electron chi connectivity index (χ4n) is 1.89.